The predicted octanol–water partition coefficient (Wildman–Crippen LogP) is 3.78. The number of alkyl halides is 6. The van der Waals surface area contributed by atoms with Gasteiger partial charge in [-0.25, -0.2) is 0 Å². The van der Waals surface area contributed by atoms with Crippen molar-refractivity contribution < 1.29 is 26.3 Å². The maximum absolute atomic E-state index is 13.6. The molecule has 0 radical (unpaired) electrons. The number of nitrogen functional groups attached to an aromatic ring is 1. The van der Waals surface area contributed by atoms with Gasteiger partial charge in [0.2, 0.25) is 0 Å². The van der Waals surface area contributed by atoms with Crippen LogP contribution in [-0.2, 0) is 11.7 Å². The van der Waals surface area contributed by atoms with E-state index in [9.17, 15) is 26.3 Å². The lowest BCUT2D eigenvalue weighted by molar-refractivity contribution is -0.137. The van der Waals surface area contributed by atoms with E-state index in [0.29, 0.717) is 6.08 Å². The van der Waals surface area contributed by atoms with Gasteiger partial charge in [0.05, 0.1) is 16.7 Å². The van der Waals surface area contributed by atoms with Gasteiger partial charge in [-0.3, -0.25) is 0 Å². The molecule has 10 heteroatoms. The first kappa shape index (κ1) is 21.9. The van der Waals surface area contributed by atoms with Crippen molar-refractivity contribution in [3.63, 3.8) is 0 Å². The number of rotatable bonds is 2. The Labute approximate surface area is 167 Å². The number of anilines is 1. The lowest BCUT2D eigenvalue weighted by atomic mass is 9.77. The summed E-state index contributed by atoms with van der Waals surface area (Å²) in [7, 11) is 0. The highest BCUT2D eigenvalue weighted by Gasteiger charge is 2.49. The molecule has 0 heterocycles. The molecular formula is C20H18F6N4. The van der Waals surface area contributed by atoms with E-state index in [1.165, 1.54) is 36.4 Å². The summed E-state index contributed by atoms with van der Waals surface area (Å²) in [6, 6.07) is 8.29. The number of halogens is 6. The van der Waals surface area contributed by atoms with E-state index in [0.717, 1.165) is 18.2 Å². The Morgan fingerprint density at radius 1 is 0.733 bits per heavy atom. The summed E-state index contributed by atoms with van der Waals surface area (Å²) < 4.78 is 80.9. The molecule has 4 nitrogen and oxygen atoms in total. The number of hydrogen-bond acceptors (Lipinski definition) is 4. The first-order valence-electron chi connectivity index (χ1n) is 8.59. The number of nitrogens with two attached hydrogens (primary N) is 4. The Hall–Kier alpha value is -2.82. The van der Waals surface area contributed by atoms with E-state index in [-0.39, 0.29) is 22.4 Å². The monoisotopic (exact) mass is 428 g/mol. The predicted molar refractivity (Wildman–Crippen MR) is 102 cm³/mol. The summed E-state index contributed by atoms with van der Waals surface area (Å²) in [5.74, 6) is 0. The van der Waals surface area contributed by atoms with Crippen molar-refractivity contribution >= 4 is 5.69 Å². The zero-order valence-corrected chi connectivity index (χ0v) is 15.4. The molecule has 1 atom stereocenters. The van der Waals surface area contributed by atoms with Crippen LogP contribution < -0.4 is 22.9 Å². The quantitative estimate of drug-likeness (QED) is 0.253. The van der Waals surface area contributed by atoms with Crippen LogP contribution in [0.15, 0.2) is 66.3 Å². The fourth-order valence-electron chi connectivity index (χ4n) is 3.32. The lowest BCUT2D eigenvalue weighted by Gasteiger charge is -2.37. The molecule has 0 fully saturated rings. The van der Waals surface area contributed by atoms with Crippen LogP contribution in [0.1, 0.15) is 11.1 Å². The van der Waals surface area contributed by atoms with Gasteiger partial charge in [-0.2, -0.15) is 26.3 Å². The molecular weight excluding hydrogens is 410 g/mol. The second-order valence-corrected chi connectivity index (χ2v) is 7.14. The molecule has 0 aliphatic heterocycles. The number of benzene rings is 2. The summed E-state index contributed by atoms with van der Waals surface area (Å²) in [5, 5.41) is 0. The van der Waals surface area contributed by atoms with Crippen LogP contribution in [0, 0.1) is 0 Å². The first-order valence-corrected chi connectivity index (χ1v) is 8.59. The second kappa shape index (κ2) is 6.86. The molecule has 1 unspecified atom stereocenters. The summed E-state index contributed by atoms with van der Waals surface area (Å²) >= 11 is 0. The SMILES string of the molecule is Nc1ccc(-c2ccc(C3(N)C=CC(N)(N)C=C3C(F)(F)F)cc2)c(C(F)(F)F)c1. The van der Waals surface area contributed by atoms with Gasteiger partial charge in [0.1, 0.15) is 5.66 Å². The van der Waals surface area contributed by atoms with Gasteiger partial charge in [0.15, 0.2) is 0 Å². The van der Waals surface area contributed by atoms with Crippen molar-refractivity contribution in [2.75, 3.05) is 5.73 Å². The molecule has 160 valence electrons. The van der Waals surface area contributed by atoms with E-state index in [1.54, 1.807) is 0 Å². The smallest absolute Gasteiger partial charge is 0.399 e. The summed E-state index contributed by atoms with van der Waals surface area (Å²) in [4.78, 5) is 0. The topological polar surface area (TPSA) is 104 Å². The van der Waals surface area contributed by atoms with E-state index >= 15 is 0 Å². The van der Waals surface area contributed by atoms with Gasteiger partial charge in [-0.1, -0.05) is 36.4 Å². The van der Waals surface area contributed by atoms with Crippen LogP contribution in [0.5, 0.6) is 0 Å². The minimum Gasteiger partial charge on any atom is -0.399 e. The molecule has 0 amide bonds. The molecule has 0 aromatic heterocycles. The maximum atomic E-state index is 13.6. The van der Waals surface area contributed by atoms with E-state index in [1.807, 2.05) is 0 Å². The fourth-order valence-corrected chi connectivity index (χ4v) is 3.32. The Kier molecular flexibility index (Phi) is 5.00. The molecule has 2 aromatic rings. The van der Waals surface area contributed by atoms with Crippen molar-refractivity contribution in [3.05, 3.63) is 77.4 Å². The molecule has 0 bridgehead atoms. The second-order valence-electron chi connectivity index (χ2n) is 7.14. The first-order chi connectivity index (χ1) is 13.6. The summed E-state index contributed by atoms with van der Waals surface area (Å²) in [5.41, 5.74) is 16.5. The van der Waals surface area contributed by atoms with E-state index in [4.69, 9.17) is 22.9 Å². The van der Waals surface area contributed by atoms with Gasteiger partial charge in [-0.15, -0.1) is 0 Å². The zero-order valence-electron chi connectivity index (χ0n) is 15.4. The highest BCUT2D eigenvalue weighted by molar-refractivity contribution is 5.71. The lowest BCUT2D eigenvalue weighted by Crippen LogP contribution is -2.53. The van der Waals surface area contributed by atoms with Crippen LogP contribution in [0.2, 0.25) is 0 Å². The third-order valence-electron chi connectivity index (χ3n) is 4.80. The van der Waals surface area contributed by atoms with E-state index < -0.39 is 34.7 Å². The molecule has 2 aromatic carbocycles. The highest BCUT2D eigenvalue weighted by Crippen LogP contribution is 2.43. The van der Waals surface area contributed by atoms with Crippen LogP contribution in [-0.4, -0.2) is 11.8 Å². The van der Waals surface area contributed by atoms with Gasteiger partial charge < -0.3 is 22.9 Å². The Morgan fingerprint density at radius 2 is 1.33 bits per heavy atom. The third kappa shape index (κ3) is 4.07. The van der Waals surface area contributed by atoms with Gasteiger partial charge in [0.25, 0.3) is 0 Å². The van der Waals surface area contributed by atoms with Crippen molar-refractivity contribution in [1.29, 1.82) is 0 Å². The number of hydrogen-bond donors (Lipinski definition) is 4. The fraction of sp³-hybridized carbons (Fsp3) is 0.200. The third-order valence-corrected chi connectivity index (χ3v) is 4.80. The van der Waals surface area contributed by atoms with Crippen LogP contribution in [0.25, 0.3) is 11.1 Å². The Bertz CT molecular complexity index is 1020. The van der Waals surface area contributed by atoms with Crippen LogP contribution in [0.4, 0.5) is 32.0 Å². The minimum atomic E-state index is -4.83. The van der Waals surface area contributed by atoms with Crippen molar-refractivity contribution in [2.24, 2.45) is 17.2 Å². The molecule has 0 spiro atoms. The highest BCUT2D eigenvalue weighted by atomic mass is 19.4. The average Bonchev–Trinajstić information content (AvgIpc) is 2.62. The molecule has 30 heavy (non-hydrogen) atoms. The Balaban J connectivity index is 2.08. The summed E-state index contributed by atoms with van der Waals surface area (Å²) in [6.07, 6.45) is -6.69. The van der Waals surface area contributed by atoms with Crippen LogP contribution >= 0.6 is 0 Å². The largest absolute Gasteiger partial charge is 0.417 e. The molecule has 3 rings (SSSR count). The normalized spacial score (nSPS) is 21.4. The minimum absolute atomic E-state index is 0.00517. The molecule has 1 aliphatic carbocycles. The molecule has 0 saturated heterocycles. The Morgan fingerprint density at radius 3 is 1.87 bits per heavy atom. The van der Waals surface area contributed by atoms with Gasteiger partial charge >= 0.3 is 12.4 Å². The maximum Gasteiger partial charge on any atom is 0.417 e. The average molecular weight is 428 g/mol. The van der Waals surface area contributed by atoms with Crippen LogP contribution in [0.3, 0.4) is 0 Å². The van der Waals surface area contributed by atoms with E-state index in [2.05, 4.69) is 0 Å². The molecule has 0 saturated carbocycles. The van der Waals surface area contributed by atoms with Gasteiger partial charge in [0, 0.05) is 5.69 Å². The summed E-state index contributed by atoms with van der Waals surface area (Å²) in [6.45, 7) is 0. The zero-order chi connectivity index (χ0) is 22.5. The standard InChI is InChI=1S/C20H18F6N4/c21-19(22,23)15-9-13(27)5-6-14(15)11-1-3-12(4-2-11)18(30)8-7-17(28,29)10-16(18)20(24,25)26/h1-10H,27-30H2. The molecule has 1 aliphatic rings. The van der Waals surface area contributed by atoms with Gasteiger partial charge in [-0.05, 0) is 41.0 Å². The molecule has 8 N–H and O–H groups in total. The van der Waals surface area contributed by atoms with Crippen molar-refractivity contribution in [1.82, 2.24) is 0 Å². The van der Waals surface area contributed by atoms with Crippen molar-refractivity contribution in [3.8, 4) is 11.1 Å². The van der Waals surface area contributed by atoms with Crippen molar-refractivity contribution in [2.45, 2.75) is 23.6 Å².